The van der Waals surface area contributed by atoms with Gasteiger partial charge in [-0.1, -0.05) is 33.6 Å². The molecule has 2 rings (SSSR count). The summed E-state index contributed by atoms with van der Waals surface area (Å²) in [6.45, 7) is 5.52. The van der Waals surface area contributed by atoms with Gasteiger partial charge in [-0.25, -0.2) is 0 Å². The number of amides is 2. The summed E-state index contributed by atoms with van der Waals surface area (Å²) in [5.41, 5.74) is 2.79. The van der Waals surface area contributed by atoms with E-state index in [9.17, 15) is 9.59 Å². The van der Waals surface area contributed by atoms with Crippen molar-refractivity contribution in [3.05, 3.63) is 58.1 Å². The molecule has 26 heavy (non-hydrogen) atoms. The smallest absolute Gasteiger partial charge is 0.263 e. The molecule has 1 unspecified atom stereocenters. The van der Waals surface area contributed by atoms with Gasteiger partial charge in [0, 0.05) is 17.2 Å². The topological polar surface area (TPSA) is 58.6 Å². The number of benzene rings is 2. The SMILES string of the molecule is Cc1ccc(OC(C)C(=O)N(C)CC(=O)Nc2ccc(Br)cc2C)cc1. The maximum absolute atomic E-state index is 12.4. The van der Waals surface area contributed by atoms with Crippen LogP contribution in [0.5, 0.6) is 5.75 Å². The fourth-order valence-electron chi connectivity index (χ4n) is 2.43. The fraction of sp³-hybridized carbons (Fsp3) is 0.300. The third-order valence-electron chi connectivity index (χ3n) is 3.90. The predicted octanol–water partition coefficient (Wildman–Crippen LogP) is 3.93. The molecule has 0 saturated heterocycles. The number of carbonyl (C=O) groups is 2. The van der Waals surface area contributed by atoms with Crippen molar-refractivity contribution in [2.45, 2.75) is 26.9 Å². The summed E-state index contributed by atoms with van der Waals surface area (Å²) in [6.07, 6.45) is -0.676. The number of carbonyl (C=O) groups excluding carboxylic acids is 2. The molecular formula is C20H23BrN2O3. The average molecular weight is 419 g/mol. The second-order valence-electron chi connectivity index (χ2n) is 6.27. The number of rotatable bonds is 6. The Labute approximate surface area is 162 Å². The van der Waals surface area contributed by atoms with E-state index < -0.39 is 6.10 Å². The van der Waals surface area contributed by atoms with Crippen molar-refractivity contribution in [1.82, 2.24) is 4.90 Å². The van der Waals surface area contributed by atoms with Gasteiger partial charge in [-0.05, 0) is 56.7 Å². The number of aryl methyl sites for hydroxylation is 2. The van der Waals surface area contributed by atoms with Crippen molar-refractivity contribution in [2.24, 2.45) is 0 Å². The fourth-order valence-corrected chi connectivity index (χ4v) is 2.91. The van der Waals surface area contributed by atoms with Crippen LogP contribution in [-0.2, 0) is 9.59 Å². The molecule has 0 spiro atoms. The van der Waals surface area contributed by atoms with Crippen LogP contribution in [0.4, 0.5) is 5.69 Å². The van der Waals surface area contributed by atoms with Gasteiger partial charge in [0.15, 0.2) is 6.10 Å². The van der Waals surface area contributed by atoms with Gasteiger partial charge in [0.2, 0.25) is 5.91 Å². The van der Waals surface area contributed by atoms with Crippen molar-refractivity contribution in [3.8, 4) is 5.75 Å². The third kappa shape index (κ3) is 5.59. The molecule has 0 saturated carbocycles. The highest BCUT2D eigenvalue weighted by atomic mass is 79.9. The summed E-state index contributed by atoms with van der Waals surface area (Å²) < 4.78 is 6.60. The van der Waals surface area contributed by atoms with Gasteiger partial charge < -0.3 is 15.0 Å². The quantitative estimate of drug-likeness (QED) is 0.772. The summed E-state index contributed by atoms with van der Waals surface area (Å²) in [5.74, 6) is 0.113. The maximum atomic E-state index is 12.4. The Morgan fingerprint density at radius 2 is 1.81 bits per heavy atom. The maximum Gasteiger partial charge on any atom is 0.263 e. The molecule has 0 aliphatic rings. The number of likely N-dealkylation sites (N-methyl/N-ethyl adjacent to an activating group) is 1. The van der Waals surface area contributed by atoms with E-state index in [-0.39, 0.29) is 18.4 Å². The molecule has 0 heterocycles. The summed E-state index contributed by atoms with van der Waals surface area (Å²) in [6, 6.07) is 13.1. The van der Waals surface area contributed by atoms with Crippen molar-refractivity contribution in [1.29, 1.82) is 0 Å². The molecule has 1 N–H and O–H groups in total. The lowest BCUT2D eigenvalue weighted by Crippen LogP contribution is -2.42. The molecular weight excluding hydrogens is 396 g/mol. The Morgan fingerprint density at radius 3 is 2.42 bits per heavy atom. The van der Waals surface area contributed by atoms with Gasteiger partial charge in [-0.15, -0.1) is 0 Å². The lowest BCUT2D eigenvalue weighted by Gasteiger charge is -2.22. The van der Waals surface area contributed by atoms with E-state index in [0.29, 0.717) is 5.75 Å². The van der Waals surface area contributed by atoms with Crippen LogP contribution in [0.15, 0.2) is 46.9 Å². The molecule has 2 aromatic rings. The summed E-state index contributed by atoms with van der Waals surface area (Å²) in [7, 11) is 1.59. The Balaban J connectivity index is 1.90. The Kier molecular flexibility index (Phi) is 6.80. The monoisotopic (exact) mass is 418 g/mol. The van der Waals surface area contributed by atoms with E-state index in [2.05, 4.69) is 21.2 Å². The normalized spacial score (nSPS) is 11.6. The highest BCUT2D eigenvalue weighted by Crippen LogP contribution is 2.20. The molecule has 1 atom stereocenters. The van der Waals surface area contributed by atoms with Gasteiger partial charge in [-0.3, -0.25) is 9.59 Å². The van der Waals surface area contributed by atoms with Crippen LogP contribution in [0.25, 0.3) is 0 Å². The zero-order chi connectivity index (χ0) is 19.3. The second-order valence-corrected chi connectivity index (χ2v) is 7.19. The van der Waals surface area contributed by atoms with Gasteiger partial charge in [0.05, 0.1) is 6.54 Å². The molecule has 0 radical (unpaired) electrons. The summed E-state index contributed by atoms with van der Waals surface area (Å²) >= 11 is 3.39. The number of nitrogens with one attached hydrogen (secondary N) is 1. The van der Waals surface area contributed by atoms with E-state index in [1.165, 1.54) is 4.90 Å². The van der Waals surface area contributed by atoms with Crippen molar-refractivity contribution in [2.75, 3.05) is 18.9 Å². The first-order chi connectivity index (χ1) is 12.3. The minimum atomic E-state index is -0.676. The van der Waals surface area contributed by atoms with E-state index in [0.717, 1.165) is 21.3 Å². The lowest BCUT2D eigenvalue weighted by atomic mass is 10.2. The molecule has 5 nitrogen and oxygen atoms in total. The minimum absolute atomic E-state index is 0.0457. The highest BCUT2D eigenvalue weighted by Gasteiger charge is 2.21. The number of halogens is 1. The Bertz CT molecular complexity index is 790. The molecule has 0 aromatic heterocycles. The highest BCUT2D eigenvalue weighted by molar-refractivity contribution is 9.10. The zero-order valence-corrected chi connectivity index (χ0v) is 17.0. The van der Waals surface area contributed by atoms with Crippen LogP contribution in [0, 0.1) is 13.8 Å². The first kappa shape index (κ1) is 20.0. The minimum Gasteiger partial charge on any atom is -0.481 e. The number of anilines is 1. The molecule has 6 heteroatoms. The molecule has 0 fully saturated rings. The van der Waals surface area contributed by atoms with Crippen molar-refractivity contribution in [3.63, 3.8) is 0 Å². The van der Waals surface area contributed by atoms with Crippen LogP contribution < -0.4 is 10.1 Å². The van der Waals surface area contributed by atoms with E-state index in [1.807, 2.05) is 56.3 Å². The molecule has 0 aliphatic heterocycles. The number of hydrogen-bond acceptors (Lipinski definition) is 3. The van der Waals surface area contributed by atoms with Crippen LogP contribution in [0.2, 0.25) is 0 Å². The first-order valence-electron chi connectivity index (χ1n) is 8.30. The number of hydrogen-bond donors (Lipinski definition) is 1. The zero-order valence-electron chi connectivity index (χ0n) is 15.4. The standard InChI is InChI=1S/C20H23BrN2O3/c1-13-5-8-17(9-6-13)26-15(3)20(25)23(4)12-19(24)22-18-10-7-16(21)11-14(18)2/h5-11,15H,12H2,1-4H3,(H,22,24). The van der Waals surface area contributed by atoms with Crippen LogP contribution in [0.1, 0.15) is 18.1 Å². The Morgan fingerprint density at radius 1 is 1.15 bits per heavy atom. The van der Waals surface area contributed by atoms with Crippen LogP contribution in [0.3, 0.4) is 0 Å². The second kappa shape index (κ2) is 8.85. The number of nitrogens with zero attached hydrogens (tertiary/aromatic N) is 1. The largest absolute Gasteiger partial charge is 0.481 e. The third-order valence-corrected chi connectivity index (χ3v) is 4.39. The van der Waals surface area contributed by atoms with Gasteiger partial charge in [0.25, 0.3) is 5.91 Å². The van der Waals surface area contributed by atoms with Crippen molar-refractivity contribution >= 4 is 33.4 Å². The van der Waals surface area contributed by atoms with E-state index in [1.54, 1.807) is 14.0 Å². The molecule has 0 bridgehead atoms. The lowest BCUT2D eigenvalue weighted by molar-refractivity contribution is -0.139. The first-order valence-corrected chi connectivity index (χ1v) is 9.10. The van der Waals surface area contributed by atoms with Crippen LogP contribution in [-0.4, -0.2) is 36.4 Å². The van der Waals surface area contributed by atoms with Crippen LogP contribution >= 0.6 is 15.9 Å². The molecule has 2 amide bonds. The molecule has 138 valence electrons. The Hall–Kier alpha value is -2.34. The van der Waals surface area contributed by atoms with E-state index in [4.69, 9.17) is 4.74 Å². The molecule has 0 aliphatic carbocycles. The predicted molar refractivity (Wildman–Crippen MR) is 106 cm³/mol. The molecule has 2 aromatic carbocycles. The van der Waals surface area contributed by atoms with Crippen molar-refractivity contribution < 1.29 is 14.3 Å². The summed E-state index contributed by atoms with van der Waals surface area (Å²) in [4.78, 5) is 26.0. The average Bonchev–Trinajstić information content (AvgIpc) is 2.58. The summed E-state index contributed by atoms with van der Waals surface area (Å²) in [5, 5.41) is 2.82. The number of ether oxygens (including phenoxy) is 1. The van der Waals surface area contributed by atoms with Gasteiger partial charge in [0.1, 0.15) is 5.75 Å². The van der Waals surface area contributed by atoms with Gasteiger partial charge in [-0.2, -0.15) is 0 Å². The van der Waals surface area contributed by atoms with E-state index >= 15 is 0 Å². The van der Waals surface area contributed by atoms with Gasteiger partial charge >= 0.3 is 0 Å².